The Labute approximate surface area is 405 Å². The minimum Gasteiger partial charge on any atom is -0.397 e. The van der Waals surface area contributed by atoms with Crippen molar-refractivity contribution in [3.8, 4) is 0 Å². The molecule has 1 saturated heterocycles. The van der Waals surface area contributed by atoms with E-state index in [2.05, 4.69) is 31.9 Å². The van der Waals surface area contributed by atoms with Crippen LogP contribution in [0, 0.1) is 11.8 Å². The molecule has 5 rings (SSSR count). The van der Waals surface area contributed by atoms with Crippen molar-refractivity contribution in [3.63, 3.8) is 0 Å². The Kier molecular flexibility index (Phi) is 17.0. The maximum Gasteiger partial charge on any atom is 0.296 e. The third-order valence-electron chi connectivity index (χ3n) is 11.8. The molecule has 0 bridgehead atoms. The number of sulfone groups is 1. The van der Waals surface area contributed by atoms with E-state index >= 15 is 0 Å². The summed E-state index contributed by atoms with van der Waals surface area (Å²) in [5, 5.41) is 15.7. The smallest absolute Gasteiger partial charge is 0.296 e. The molecule has 0 saturated carbocycles. The topological polar surface area (TPSA) is 353 Å². The van der Waals surface area contributed by atoms with Crippen LogP contribution >= 0.6 is 0 Å². The SMILES string of the molecule is CC(N)C(=O)NC(C)C(=O)NC(C)C(=O)N1CCCC1C(=O)NC(C(=O)NC(C(=O)NCCS(=O)(=O)c1cccc(Nc2cc(S(=O)(=O)O)c(N)c3c2C(=O)c2ccccc2C3=O)c1)C(C)C)C(C)C. The fraction of sp³-hybridized carbons (Fsp3) is 0.435. The molecule has 22 nitrogen and oxygen atoms in total. The van der Waals surface area contributed by atoms with E-state index < -0.39 is 143 Å². The molecule has 3 aromatic rings. The van der Waals surface area contributed by atoms with Crippen LogP contribution in [0.3, 0.4) is 0 Å². The normalized spacial score (nSPS) is 16.8. The molecule has 378 valence electrons. The average molecular weight is 1010 g/mol. The molecular formula is C46H59N9O13S2. The van der Waals surface area contributed by atoms with E-state index in [0.29, 0.717) is 6.42 Å². The van der Waals surface area contributed by atoms with Crippen molar-refractivity contribution in [2.24, 2.45) is 17.6 Å². The highest BCUT2D eigenvalue weighted by Crippen LogP contribution is 2.40. The summed E-state index contributed by atoms with van der Waals surface area (Å²) >= 11 is 0. The number of hydrogen-bond acceptors (Lipinski definition) is 15. The number of nitrogens with one attached hydrogen (secondary N) is 6. The number of fused-ring (bicyclic) bond motifs is 2. The highest BCUT2D eigenvalue weighted by Gasteiger charge is 2.40. The molecule has 70 heavy (non-hydrogen) atoms. The summed E-state index contributed by atoms with van der Waals surface area (Å²) in [7, 11) is -9.20. The molecule has 0 aromatic heterocycles. The van der Waals surface area contributed by atoms with Crippen molar-refractivity contribution in [1.82, 2.24) is 31.5 Å². The quantitative estimate of drug-likeness (QED) is 0.0458. The van der Waals surface area contributed by atoms with E-state index in [4.69, 9.17) is 11.5 Å². The van der Waals surface area contributed by atoms with E-state index in [1.165, 1.54) is 74.2 Å². The van der Waals surface area contributed by atoms with Gasteiger partial charge in [-0.2, -0.15) is 8.42 Å². The summed E-state index contributed by atoms with van der Waals surface area (Å²) in [5.74, 6) is -6.90. The number of carbonyl (C=O) groups is 8. The van der Waals surface area contributed by atoms with Crippen molar-refractivity contribution < 1.29 is 59.7 Å². The number of nitrogens with two attached hydrogens (primary N) is 2. The van der Waals surface area contributed by atoms with E-state index in [1.54, 1.807) is 27.7 Å². The van der Waals surface area contributed by atoms with E-state index in [-0.39, 0.29) is 45.9 Å². The lowest BCUT2D eigenvalue weighted by Gasteiger charge is -2.31. The van der Waals surface area contributed by atoms with Gasteiger partial charge in [-0.1, -0.05) is 58.0 Å². The second-order valence-electron chi connectivity index (χ2n) is 17.9. The molecule has 0 spiro atoms. The molecule has 1 aliphatic heterocycles. The molecule has 6 amide bonds. The highest BCUT2D eigenvalue weighted by molar-refractivity contribution is 7.91. The van der Waals surface area contributed by atoms with Crippen LogP contribution in [-0.4, -0.2) is 128 Å². The molecule has 6 atom stereocenters. The van der Waals surface area contributed by atoms with Crippen LogP contribution in [0.4, 0.5) is 17.1 Å². The van der Waals surface area contributed by atoms with E-state index in [1.807, 2.05) is 0 Å². The molecule has 2 aliphatic rings. The first-order valence-electron chi connectivity index (χ1n) is 22.4. The number of amides is 6. The number of anilines is 3. The Morgan fingerprint density at radius 3 is 1.90 bits per heavy atom. The van der Waals surface area contributed by atoms with Crippen LogP contribution in [0.5, 0.6) is 0 Å². The number of nitrogen functional groups attached to an aromatic ring is 1. The van der Waals surface area contributed by atoms with Crippen molar-refractivity contribution in [2.75, 3.05) is 29.9 Å². The van der Waals surface area contributed by atoms with Crippen LogP contribution in [0.2, 0.25) is 0 Å². The van der Waals surface area contributed by atoms with E-state index in [9.17, 15) is 59.7 Å². The summed E-state index contributed by atoms with van der Waals surface area (Å²) in [6, 6.07) is 5.65. The zero-order chi connectivity index (χ0) is 52.2. The predicted octanol–water partition coefficient (Wildman–Crippen LogP) is 0.554. The van der Waals surface area contributed by atoms with Gasteiger partial charge >= 0.3 is 0 Å². The number of nitrogens with zero attached hydrogens (tertiary/aromatic N) is 1. The molecule has 24 heteroatoms. The predicted molar refractivity (Wildman–Crippen MR) is 256 cm³/mol. The lowest BCUT2D eigenvalue weighted by Crippen LogP contribution is -2.60. The molecule has 11 N–H and O–H groups in total. The number of hydrogen-bond donors (Lipinski definition) is 9. The number of rotatable bonds is 19. The summed E-state index contributed by atoms with van der Waals surface area (Å²) in [6.45, 7) is 10.8. The number of benzene rings is 3. The maximum atomic E-state index is 13.8. The average Bonchev–Trinajstić information content (AvgIpc) is 3.79. The Morgan fingerprint density at radius 1 is 0.729 bits per heavy atom. The Morgan fingerprint density at radius 2 is 1.31 bits per heavy atom. The van der Waals surface area contributed by atoms with Crippen LogP contribution in [0.1, 0.15) is 93.2 Å². The molecule has 1 aliphatic carbocycles. The minimum atomic E-state index is -5.03. The molecular weight excluding hydrogens is 951 g/mol. The first-order chi connectivity index (χ1) is 32.7. The second-order valence-corrected chi connectivity index (χ2v) is 21.4. The van der Waals surface area contributed by atoms with Gasteiger partial charge in [0.2, 0.25) is 35.4 Å². The van der Waals surface area contributed by atoms with Crippen molar-refractivity contribution >= 4 is 84.0 Å². The highest BCUT2D eigenvalue weighted by atomic mass is 32.2. The van der Waals surface area contributed by atoms with Crippen molar-refractivity contribution in [3.05, 3.63) is 76.9 Å². The van der Waals surface area contributed by atoms with Crippen LogP contribution < -0.4 is 43.4 Å². The molecule has 6 unspecified atom stereocenters. The fourth-order valence-corrected chi connectivity index (χ4v) is 9.84. The summed E-state index contributed by atoms with van der Waals surface area (Å²) in [6.07, 6.45) is 0.734. The second kappa shape index (κ2) is 21.9. The van der Waals surface area contributed by atoms with Gasteiger partial charge in [0.25, 0.3) is 10.1 Å². The molecule has 0 radical (unpaired) electrons. The lowest BCUT2D eigenvalue weighted by atomic mass is 9.82. The van der Waals surface area contributed by atoms with Gasteiger partial charge in [0.05, 0.1) is 39.2 Å². The Balaban J connectivity index is 1.23. The van der Waals surface area contributed by atoms with Crippen molar-refractivity contribution in [1.29, 1.82) is 0 Å². The van der Waals surface area contributed by atoms with Gasteiger partial charge in [0, 0.05) is 29.9 Å². The van der Waals surface area contributed by atoms with Gasteiger partial charge in [0.1, 0.15) is 35.1 Å². The van der Waals surface area contributed by atoms with Gasteiger partial charge in [-0.3, -0.25) is 42.9 Å². The monoisotopic (exact) mass is 1010 g/mol. The Hall–Kier alpha value is -6.76. The number of ketones is 2. The summed E-state index contributed by atoms with van der Waals surface area (Å²) in [5.41, 5.74) is 9.99. The Bertz CT molecular complexity index is 2830. The van der Waals surface area contributed by atoms with Crippen LogP contribution in [0.25, 0.3) is 0 Å². The summed E-state index contributed by atoms with van der Waals surface area (Å²) in [4.78, 5) is 107. The van der Waals surface area contributed by atoms with Crippen molar-refractivity contribution in [2.45, 2.75) is 107 Å². The molecule has 1 fully saturated rings. The van der Waals surface area contributed by atoms with Crippen LogP contribution in [0.15, 0.2) is 64.4 Å². The van der Waals surface area contributed by atoms with Gasteiger partial charge < -0.3 is 48.3 Å². The largest absolute Gasteiger partial charge is 0.397 e. The zero-order valence-electron chi connectivity index (χ0n) is 39.6. The van der Waals surface area contributed by atoms with Gasteiger partial charge in [0.15, 0.2) is 21.4 Å². The zero-order valence-corrected chi connectivity index (χ0v) is 41.2. The van der Waals surface area contributed by atoms with E-state index in [0.717, 1.165) is 6.07 Å². The van der Waals surface area contributed by atoms with Gasteiger partial charge in [-0.05, 0) is 69.7 Å². The lowest BCUT2D eigenvalue weighted by molar-refractivity contribution is -0.142. The third-order valence-corrected chi connectivity index (χ3v) is 14.5. The first-order valence-corrected chi connectivity index (χ1v) is 25.5. The van der Waals surface area contributed by atoms with Gasteiger partial charge in [-0.25, -0.2) is 8.42 Å². The molecule has 1 heterocycles. The van der Waals surface area contributed by atoms with Crippen LogP contribution in [-0.2, 0) is 48.7 Å². The third kappa shape index (κ3) is 12.2. The fourth-order valence-electron chi connectivity index (χ4n) is 7.99. The maximum absolute atomic E-state index is 13.8. The molecule has 3 aromatic carbocycles. The minimum absolute atomic E-state index is 0.0163. The first kappa shape index (κ1) is 54.2. The standard InChI is InChI=1S/C46H59N9O13S2/c1-22(2)37(54-45(62)38(23(3)4)53-43(60)32-16-11-18-55(32)46(63)26(7)51-42(59)25(6)50-41(58)24(5)47)44(61)49-17-19-69(64,65)28-13-10-12-27(20-28)52-31-21-33(70(66,67)68)36(48)35-34(31)39(56)29-14-8-9-15-30(29)40(35)57/h8-10,12-15,20-26,32,37-38,52H,11,16-19,47-48H2,1-7H3,(H,49,61)(H,50,58)(H,51,59)(H,53,60)(H,54,62)(H,66,67,68). The summed E-state index contributed by atoms with van der Waals surface area (Å²) < 4.78 is 62.0. The number of carbonyl (C=O) groups excluding carboxylic acids is 8. The number of likely N-dealkylation sites (tertiary alicyclic amines) is 1. The van der Waals surface area contributed by atoms with Gasteiger partial charge in [-0.15, -0.1) is 0 Å².